The van der Waals surface area contributed by atoms with Crippen LogP contribution in [0.1, 0.15) is 5.56 Å². The lowest BCUT2D eigenvalue weighted by Gasteiger charge is -2.35. The summed E-state index contributed by atoms with van der Waals surface area (Å²) < 4.78 is 13.3. The van der Waals surface area contributed by atoms with Gasteiger partial charge in [-0.3, -0.25) is 4.79 Å². The monoisotopic (exact) mass is 437 g/mol. The molecule has 1 amide bonds. The Kier molecular flexibility index (Phi) is 5.42. The van der Waals surface area contributed by atoms with Gasteiger partial charge in [0.2, 0.25) is 0 Å². The van der Waals surface area contributed by atoms with Crippen molar-refractivity contribution in [2.45, 2.75) is 0 Å². The molecule has 146 valence electrons. The zero-order valence-electron chi connectivity index (χ0n) is 14.8. The summed E-state index contributed by atoms with van der Waals surface area (Å²) in [5.74, 6) is 0.865. The number of thioether (sulfide) groups is 1. The highest BCUT2D eigenvalue weighted by atomic mass is 35.5. The molecule has 0 atom stereocenters. The standard InChI is InChI=1S/C17H16ClN5O3S2/c1-26-12-8-10(2-3-11(12)24)9-13-16(25)19-17(27-13)23-6-4-22(5-7-23)15-14(18)20-28-21-15/h2-3,8-9,24H,4-7H2,1H3/b13-9-. The minimum absolute atomic E-state index is 0.0558. The highest BCUT2D eigenvalue weighted by Crippen LogP contribution is 2.33. The number of carbonyl (C=O) groups is 1. The molecule has 1 fully saturated rings. The Morgan fingerprint density at radius 2 is 1.96 bits per heavy atom. The predicted octanol–water partition coefficient (Wildman–Crippen LogP) is 2.70. The van der Waals surface area contributed by atoms with Gasteiger partial charge in [-0.2, -0.15) is 13.7 Å². The van der Waals surface area contributed by atoms with E-state index in [1.165, 1.54) is 24.9 Å². The van der Waals surface area contributed by atoms with E-state index in [2.05, 4.69) is 23.5 Å². The SMILES string of the molecule is COc1cc(/C=C2\SC(N3CCN(c4nsnc4Cl)CC3)=NC2=O)ccc1O. The molecule has 2 aliphatic rings. The lowest BCUT2D eigenvalue weighted by atomic mass is 10.2. The molecule has 11 heteroatoms. The molecule has 4 rings (SSSR count). The molecule has 2 aliphatic heterocycles. The zero-order valence-corrected chi connectivity index (χ0v) is 17.2. The fourth-order valence-electron chi connectivity index (χ4n) is 2.94. The van der Waals surface area contributed by atoms with Crippen LogP contribution in [0, 0.1) is 0 Å². The second-order valence-corrected chi connectivity index (χ2v) is 7.99. The van der Waals surface area contributed by atoms with Gasteiger partial charge < -0.3 is 19.6 Å². The number of anilines is 1. The number of phenols is 1. The Balaban J connectivity index is 1.42. The van der Waals surface area contributed by atoms with Gasteiger partial charge in [0.15, 0.2) is 27.6 Å². The number of halogens is 1. The summed E-state index contributed by atoms with van der Waals surface area (Å²) in [6.07, 6.45) is 1.75. The summed E-state index contributed by atoms with van der Waals surface area (Å²) in [5, 5.41) is 10.8. The quantitative estimate of drug-likeness (QED) is 0.733. The van der Waals surface area contributed by atoms with Gasteiger partial charge >= 0.3 is 0 Å². The van der Waals surface area contributed by atoms with E-state index < -0.39 is 0 Å². The van der Waals surface area contributed by atoms with E-state index in [1.807, 2.05) is 0 Å². The van der Waals surface area contributed by atoms with Crippen molar-refractivity contribution in [3.8, 4) is 11.5 Å². The number of hydrogen-bond acceptors (Lipinski definition) is 9. The Morgan fingerprint density at radius 3 is 2.64 bits per heavy atom. The number of methoxy groups -OCH3 is 1. The predicted molar refractivity (Wildman–Crippen MR) is 111 cm³/mol. The number of benzene rings is 1. The Bertz CT molecular complexity index is 969. The Labute approximate surface area is 174 Å². The molecule has 0 spiro atoms. The summed E-state index contributed by atoms with van der Waals surface area (Å²) in [7, 11) is 1.48. The molecule has 0 aliphatic carbocycles. The van der Waals surface area contributed by atoms with E-state index in [-0.39, 0.29) is 11.7 Å². The first-order valence-electron chi connectivity index (χ1n) is 8.42. The second-order valence-electron chi connectivity index (χ2n) is 6.09. The first-order valence-corrected chi connectivity index (χ1v) is 10.3. The van der Waals surface area contributed by atoms with Crippen molar-refractivity contribution in [1.29, 1.82) is 0 Å². The minimum Gasteiger partial charge on any atom is -0.504 e. The fraction of sp³-hybridized carbons (Fsp3) is 0.294. The van der Waals surface area contributed by atoms with Crippen molar-refractivity contribution in [3.05, 3.63) is 33.8 Å². The van der Waals surface area contributed by atoms with E-state index in [0.29, 0.717) is 39.9 Å². The van der Waals surface area contributed by atoms with Crippen molar-refractivity contribution >= 4 is 58.1 Å². The minimum atomic E-state index is -0.263. The van der Waals surface area contributed by atoms with Crippen LogP contribution in [0.4, 0.5) is 5.82 Å². The number of piperazine rings is 1. The van der Waals surface area contributed by atoms with Crippen LogP contribution in [0.5, 0.6) is 11.5 Å². The number of amidine groups is 1. The lowest BCUT2D eigenvalue weighted by Crippen LogP contribution is -2.48. The molecule has 1 aromatic heterocycles. The lowest BCUT2D eigenvalue weighted by molar-refractivity contribution is -0.113. The van der Waals surface area contributed by atoms with Crippen LogP contribution in [0.3, 0.4) is 0 Å². The highest BCUT2D eigenvalue weighted by Gasteiger charge is 2.29. The molecule has 1 aromatic carbocycles. The van der Waals surface area contributed by atoms with E-state index in [0.717, 1.165) is 30.4 Å². The van der Waals surface area contributed by atoms with Gasteiger partial charge in [-0.25, -0.2) is 0 Å². The molecule has 1 saturated heterocycles. The van der Waals surface area contributed by atoms with Crippen molar-refractivity contribution in [3.63, 3.8) is 0 Å². The molecule has 8 nitrogen and oxygen atoms in total. The number of nitrogens with zero attached hydrogens (tertiary/aromatic N) is 5. The maximum Gasteiger partial charge on any atom is 0.286 e. The average molecular weight is 438 g/mol. The van der Waals surface area contributed by atoms with Crippen molar-refractivity contribution in [1.82, 2.24) is 13.6 Å². The Hall–Kier alpha value is -2.30. The van der Waals surface area contributed by atoms with Crippen LogP contribution < -0.4 is 9.64 Å². The number of rotatable bonds is 3. The third-order valence-electron chi connectivity index (χ3n) is 4.39. The molecular weight excluding hydrogens is 422 g/mol. The number of aliphatic imine (C=N–C) groups is 1. The van der Waals surface area contributed by atoms with Crippen LogP contribution in [0.25, 0.3) is 6.08 Å². The van der Waals surface area contributed by atoms with Crippen LogP contribution in [-0.4, -0.2) is 63.1 Å². The first kappa shape index (κ1) is 19.0. The summed E-state index contributed by atoms with van der Waals surface area (Å²) >= 11 is 8.51. The molecule has 0 unspecified atom stereocenters. The van der Waals surface area contributed by atoms with Gasteiger partial charge in [0.1, 0.15) is 0 Å². The number of phenolic OH excluding ortho intramolecular Hbond substituents is 1. The molecule has 0 radical (unpaired) electrons. The molecule has 0 bridgehead atoms. The smallest absolute Gasteiger partial charge is 0.286 e. The molecule has 28 heavy (non-hydrogen) atoms. The van der Waals surface area contributed by atoms with Gasteiger partial charge in [0.25, 0.3) is 5.91 Å². The highest BCUT2D eigenvalue weighted by molar-refractivity contribution is 8.18. The van der Waals surface area contributed by atoms with Gasteiger partial charge in [0, 0.05) is 26.2 Å². The number of amides is 1. The summed E-state index contributed by atoms with van der Waals surface area (Å²) in [6, 6.07) is 4.94. The fourth-order valence-corrected chi connectivity index (χ4v) is 4.68. The van der Waals surface area contributed by atoms with E-state index in [4.69, 9.17) is 16.3 Å². The van der Waals surface area contributed by atoms with Crippen LogP contribution in [0.2, 0.25) is 5.15 Å². The maximum absolute atomic E-state index is 12.3. The zero-order chi connectivity index (χ0) is 19.7. The second kappa shape index (κ2) is 7.98. The third kappa shape index (κ3) is 3.80. The number of aromatic nitrogens is 2. The van der Waals surface area contributed by atoms with Crippen LogP contribution in [-0.2, 0) is 4.79 Å². The van der Waals surface area contributed by atoms with Gasteiger partial charge in [-0.1, -0.05) is 17.7 Å². The van der Waals surface area contributed by atoms with E-state index in [9.17, 15) is 9.90 Å². The van der Waals surface area contributed by atoms with Crippen LogP contribution in [0.15, 0.2) is 28.1 Å². The van der Waals surface area contributed by atoms with Gasteiger partial charge in [0.05, 0.1) is 23.7 Å². The normalized spacial score (nSPS) is 18.7. The molecule has 3 heterocycles. The van der Waals surface area contributed by atoms with Crippen molar-refractivity contribution in [2.24, 2.45) is 4.99 Å². The van der Waals surface area contributed by atoms with Gasteiger partial charge in [-0.15, -0.1) is 0 Å². The largest absolute Gasteiger partial charge is 0.504 e. The summed E-state index contributed by atoms with van der Waals surface area (Å²) in [4.78, 5) is 21.2. The van der Waals surface area contributed by atoms with Gasteiger partial charge in [-0.05, 0) is 35.5 Å². The van der Waals surface area contributed by atoms with E-state index >= 15 is 0 Å². The topological polar surface area (TPSA) is 91.2 Å². The molecule has 1 N–H and O–H groups in total. The Morgan fingerprint density at radius 1 is 1.21 bits per heavy atom. The molecule has 0 saturated carbocycles. The number of carbonyl (C=O) groups excluding carboxylic acids is 1. The number of hydrogen-bond donors (Lipinski definition) is 1. The third-order valence-corrected chi connectivity index (χ3v) is 6.31. The molecular formula is C17H16ClN5O3S2. The summed E-state index contributed by atoms with van der Waals surface area (Å²) in [5.41, 5.74) is 0.762. The number of ether oxygens (including phenoxy) is 1. The molecule has 2 aromatic rings. The number of aromatic hydroxyl groups is 1. The van der Waals surface area contributed by atoms with E-state index in [1.54, 1.807) is 18.2 Å². The maximum atomic E-state index is 12.3. The van der Waals surface area contributed by atoms with Crippen LogP contribution >= 0.6 is 35.1 Å². The first-order chi connectivity index (χ1) is 13.5. The summed E-state index contributed by atoms with van der Waals surface area (Å²) in [6.45, 7) is 2.89. The van der Waals surface area contributed by atoms with Crippen molar-refractivity contribution < 1.29 is 14.6 Å². The van der Waals surface area contributed by atoms with Crippen molar-refractivity contribution in [2.75, 3.05) is 38.2 Å². The average Bonchev–Trinajstić information content (AvgIpc) is 3.29.